The lowest BCUT2D eigenvalue weighted by atomic mass is 10.2. The van der Waals surface area contributed by atoms with E-state index in [2.05, 4.69) is 17.2 Å². The van der Waals surface area contributed by atoms with Crippen LogP contribution in [-0.2, 0) is 0 Å². The molecular formula is C11H13N3O3S. The van der Waals surface area contributed by atoms with Gasteiger partial charge in [0.25, 0.3) is 5.69 Å². The Morgan fingerprint density at radius 3 is 2.83 bits per heavy atom. The summed E-state index contributed by atoms with van der Waals surface area (Å²) in [7, 11) is 0. The second kappa shape index (κ2) is 5.97. The van der Waals surface area contributed by atoms with Crippen LogP contribution < -0.4 is 10.6 Å². The number of benzene rings is 1. The highest BCUT2D eigenvalue weighted by atomic mass is 32.1. The standard InChI is InChI=1S/C11H13N3O3S/c1-7(2)6-12-11(18)13-9-5-8(14(16)17)3-4-10(9)15/h3-5,15H,1,6H2,2H3,(H2,12,13,18). The number of phenolic OH excluding ortho intramolecular Hbond substituents is 1. The van der Waals surface area contributed by atoms with E-state index in [4.69, 9.17) is 12.2 Å². The zero-order valence-electron chi connectivity index (χ0n) is 9.77. The second-order valence-corrected chi connectivity index (χ2v) is 4.13. The first-order chi connectivity index (χ1) is 8.40. The van der Waals surface area contributed by atoms with Gasteiger partial charge in [0.05, 0.1) is 10.6 Å². The van der Waals surface area contributed by atoms with Gasteiger partial charge < -0.3 is 15.7 Å². The monoisotopic (exact) mass is 267 g/mol. The van der Waals surface area contributed by atoms with Gasteiger partial charge in [-0.15, -0.1) is 0 Å². The Morgan fingerprint density at radius 2 is 2.28 bits per heavy atom. The molecule has 7 heteroatoms. The average molecular weight is 267 g/mol. The molecule has 0 spiro atoms. The van der Waals surface area contributed by atoms with E-state index in [1.807, 2.05) is 6.92 Å². The molecule has 0 saturated heterocycles. The van der Waals surface area contributed by atoms with E-state index in [1.54, 1.807) is 0 Å². The lowest BCUT2D eigenvalue weighted by Gasteiger charge is -2.11. The summed E-state index contributed by atoms with van der Waals surface area (Å²) >= 11 is 4.98. The number of anilines is 1. The van der Waals surface area contributed by atoms with Crippen LogP contribution in [0.4, 0.5) is 11.4 Å². The van der Waals surface area contributed by atoms with E-state index in [1.165, 1.54) is 18.2 Å². The average Bonchev–Trinajstić information content (AvgIpc) is 2.29. The van der Waals surface area contributed by atoms with Gasteiger partial charge in [-0.1, -0.05) is 12.2 Å². The predicted molar refractivity (Wildman–Crippen MR) is 73.8 cm³/mol. The summed E-state index contributed by atoms with van der Waals surface area (Å²) < 4.78 is 0. The molecule has 6 nitrogen and oxygen atoms in total. The molecule has 0 atom stereocenters. The molecule has 0 heterocycles. The molecule has 1 rings (SSSR count). The van der Waals surface area contributed by atoms with E-state index in [0.717, 1.165) is 5.57 Å². The molecule has 0 aromatic heterocycles. The van der Waals surface area contributed by atoms with Gasteiger partial charge >= 0.3 is 0 Å². The van der Waals surface area contributed by atoms with Crippen molar-refractivity contribution in [3.8, 4) is 5.75 Å². The van der Waals surface area contributed by atoms with Crippen LogP contribution in [0.25, 0.3) is 0 Å². The van der Waals surface area contributed by atoms with Crippen LogP contribution in [0.15, 0.2) is 30.4 Å². The summed E-state index contributed by atoms with van der Waals surface area (Å²) in [6, 6.07) is 3.66. The van der Waals surface area contributed by atoms with Crippen LogP contribution in [0.1, 0.15) is 6.92 Å². The normalized spacial score (nSPS) is 9.61. The molecule has 0 unspecified atom stereocenters. The van der Waals surface area contributed by atoms with Crippen LogP contribution >= 0.6 is 12.2 Å². The topological polar surface area (TPSA) is 87.4 Å². The lowest BCUT2D eigenvalue weighted by Crippen LogP contribution is -2.29. The lowest BCUT2D eigenvalue weighted by molar-refractivity contribution is -0.384. The third-order valence-corrected chi connectivity index (χ3v) is 2.24. The van der Waals surface area contributed by atoms with Gasteiger partial charge in [-0.25, -0.2) is 0 Å². The first kappa shape index (κ1) is 13.9. The summed E-state index contributed by atoms with van der Waals surface area (Å²) in [4.78, 5) is 10.1. The third-order valence-electron chi connectivity index (χ3n) is 1.99. The number of nitro benzene ring substituents is 1. The van der Waals surface area contributed by atoms with E-state index in [0.29, 0.717) is 6.54 Å². The van der Waals surface area contributed by atoms with Crippen molar-refractivity contribution in [2.75, 3.05) is 11.9 Å². The van der Waals surface area contributed by atoms with Gasteiger partial charge in [0.15, 0.2) is 5.11 Å². The molecule has 0 fully saturated rings. The number of hydrogen-bond donors (Lipinski definition) is 3. The van der Waals surface area contributed by atoms with Gasteiger partial charge in [-0.05, 0) is 25.2 Å². The molecule has 1 aromatic rings. The molecule has 0 bridgehead atoms. The fourth-order valence-corrected chi connectivity index (χ4v) is 1.32. The van der Waals surface area contributed by atoms with Crippen molar-refractivity contribution in [2.24, 2.45) is 0 Å². The number of aromatic hydroxyl groups is 1. The molecule has 0 aliphatic heterocycles. The fraction of sp³-hybridized carbons (Fsp3) is 0.182. The molecule has 96 valence electrons. The highest BCUT2D eigenvalue weighted by molar-refractivity contribution is 7.80. The van der Waals surface area contributed by atoms with Crippen LogP contribution in [0, 0.1) is 10.1 Å². The van der Waals surface area contributed by atoms with Crippen LogP contribution in [-0.4, -0.2) is 21.7 Å². The van der Waals surface area contributed by atoms with E-state index in [-0.39, 0.29) is 22.2 Å². The Labute approximate surface area is 109 Å². The molecule has 1 aromatic carbocycles. The fourth-order valence-electron chi connectivity index (χ4n) is 1.14. The summed E-state index contributed by atoms with van der Waals surface area (Å²) in [5, 5.41) is 25.9. The molecular weight excluding hydrogens is 254 g/mol. The number of rotatable bonds is 4. The Morgan fingerprint density at radius 1 is 1.61 bits per heavy atom. The number of nitro groups is 1. The van der Waals surface area contributed by atoms with Crippen LogP contribution in [0.2, 0.25) is 0 Å². The zero-order valence-corrected chi connectivity index (χ0v) is 10.6. The number of thiocarbonyl (C=S) groups is 1. The maximum absolute atomic E-state index is 10.6. The third kappa shape index (κ3) is 4.02. The summed E-state index contributed by atoms with van der Waals surface area (Å²) in [5.41, 5.74) is 0.948. The Bertz CT molecular complexity index is 502. The molecule has 18 heavy (non-hydrogen) atoms. The van der Waals surface area contributed by atoms with Crippen molar-refractivity contribution in [3.63, 3.8) is 0 Å². The van der Waals surface area contributed by atoms with E-state index < -0.39 is 4.92 Å². The summed E-state index contributed by atoms with van der Waals surface area (Å²) in [6.45, 7) is 6.02. The SMILES string of the molecule is C=C(C)CNC(=S)Nc1cc([N+](=O)[O-])ccc1O. The maximum atomic E-state index is 10.6. The number of hydrogen-bond acceptors (Lipinski definition) is 4. The number of nitrogens with one attached hydrogen (secondary N) is 2. The molecule has 3 N–H and O–H groups in total. The predicted octanol–water partition coefficient (Wildman–Crippen LogP) is 2.16. The minimum atomic E-state index is -0.547. The molecule has 0 aliphatic carbocycles. The van der Waals surface area contributed by atoms with Crippen LogP contribution in [0.5, 0.6) is 5.75 Å². The van der Waals surface area contributed by atoms with Crippen molar-refractivity contribution in [2.45, 2.75) is 6.92 Å². The highest BCUT2D eigenvalue weighted by Crippen LogP contribution is 2.27. The molecule has 0 aliphatic rings. The Balaban J connectivity index is 2.77. The van der Waals surface area contributed by atoms with Crippen molar-refractivity contribution < 1.29 is 10.0 Å². The molecule has 0 amide bonds. The number of non-ortho nitro benzene ring substituents is 1. The second-order valence-electron chi connectivity index (χ2n) is 3.72. The minimum Gasteiger partial charge on any atom is -0.506 e. The Kier molecular flexibility index (Phi) is 4.61. The van der Waals surface area contributed by atoms with Gasteiger partial charge in [0.1, 0.15) is 5.75 Å². The highest BCUT2D eigenvalue weighted by Gasteiger charge is 2.10. The first-order valence-electron chi connectivity index (χ1n) is 5.07. The van der Waals surface area contributed by atoms with Gasteiger partial charge in [-0.2, -0.15) is 0 Å². The van der Waals surface area contributed by atoms with Crippen molar-refractivity contribution in [1.82, 2.24) is 5.32 Å². The minimum absolute atomic E-state index is 0.111. The van der Waals surface area contributed by atoms with E-state index >= 15 is 0 Å². The van der Waals surface area contributed by atoms with Crippen molar-refractivity contribution in [3.05, 3.63) is 40.5 Å². The largest absolute Gasteiger partial charge is 0.506 e. The Hall–Kier alpha value is -2.15. The number of nitrogens with zero attached hydrogens (tertiary/aromatic N) is 1. The molecule has 0 saturated carbocycles. The summed E-state index contributed by atoms with van der Waals surface area (Å²) in [6.07, 6.45) is 0. The van der Waals surface area contributed by atoms with Gasteiger partial charge in [-0.3, -0.25) is 10.1 Å². The van der Waals surface area contributed by atoms with Gasteiger partial charge in [0.2, 0.25) is 0 Å². The smallest absolute Gasteiger partial charge is 0.271 e. The van der Waals surface area contributed by atoms with Crippen molar-refractivity contribution >= 4 is 28.7 Å². The van der Waals surface area contributed by atoms with Crippen LogP contribution in [0.3, 0.4) is 0 Å². The van der Waals surface area contributed by atoms with Crippen molar-refractivity contribution in [1.29, 1.82) is 0 Å². The van der Waals surface area contributed by atoms with E-state index in [9.17, 15) is 15.2 Å². The summed E-state index contributed by atoms with van der Waals surface area (Å²) in [5.74, 6) is -0.111. The molecule has 0 radical (unpaired) electrons. The zero-order chi connectivity index (χ0) is 13.7. The van der Waals surface area contributed by atoms with Gasteiger partial charge in [0, 0.05) is 18.7 Å². The number of phenols is 1. The maximum Gasteiger partial charge on any atom is 0.271 e. The first-order valence-corrected chi connectivity index (χ1v) is 5.47. The quantitative estimate of drug-likeness (QED) is 0.255.